The minimum absolute atomic E-state index is 0.0888. The van der Waals surface area contributed by atoms with Gasteiger partial charge in [0.15, 0.2) is 0 Å². The van der Waals surface area contributed by atoms with Crippen molar-refractivity contribution in [3.8, 4) is 5.75 Å². The molecule has 23 heavy (non-hydrogen) atoms. The summed E-state index contributed by atoms with van der Waals surface area (Å²) in [6, 6.07) is 10.7. The zero-order valence-corrected chi connectivity index (χ0v) is 12.7. The fourth-order valence-corrected chi connectivity index (χ4v) is 2.12. The number of halogens is 2. The van der Waals surface area contributed by atoms with Crippen LogP contribution in [0.4, 0.5) is 14.5 Å². The van der Waals surface area contributed by atoms with Gasteiger partial charge in [-0.2, -0.15) is 0 Å². The first-order valence-electron chi connectivity index (χ1n) is 7.17. The third-order valence-corrected chi connectivity index (χ3v) is 3.28. The van der Waals surface area contributed by atoms with Crippen LogP contribution in [-0.4, -0.2) is 26.1 Å². The van der Waals surface area contributed by atoms with Crippen LogP contribution in [0.2, 0.25) is 0 Å². The average Bonchev–Trinajstić information content (AvgIpc) is 2.54. The molecule has 0 bridgehead atoms. The normalized spacial score (nSPS) is 10.2. The number of methoxy groups -OCH3 is 1. The van der Waals surface area contributed by atoms with E-state index in [-0.39, 0.29) is 18.1 Å². The van der Waals surface area contributed by atoms with Crippen LogP contribution in [0.1, 0.15) is 5.56 Å². The van der Waals surface area contributed by atoms with Crippen molar-refractivity contribution >= 4 is 11.6 Å². The molecular formula is C17H18F2N2O2. The van der Waals surface area contributed by atoms with Crippen LogP contribution in [0.3, 0.4) is 0 Å². The number of carbonyl (C=O) groups is 1. The number of carbonyl (C=O) groups excluding carboxylic acids is 1. The lowest BCUT2D eigenvalue weighted by Gasteiger charge is -2.10. The van der Waals surface area contributed by atoms with Crippen molar-refractivity contribution in [2.24, 2.45) is 0 Å². The minimum atomic E-state index is -0.730. The third-order valence-electron chi connectivity index (χ3n) is 3.28. The lowest BCUT2D eigenvalue weighted by molar-refractivity contribution is -0.119. The standard InChI is InChI=1S/C17H18F2N2O2/c1-23-16-5-3-2-4-12(16)8-9-20-17(22)11-21-15-7-6-13(18)10-14(15)19/h2-7,10,21H,8-9,11H2,1H3,(H,20,22). The van der Waals surface area contributed by atoms with E-state index in [2.05, 4.69) is 10.6 Å². The van der Waals surface area contributed by atoms with Crippen LogP contribution in [-0.2, 0) is 11.2 Å². The van der Waals surface area contributed by atoms with Gasteiger partial charge in [-0.1, -0.05) is 18.2 Å². The van der Waals surface area contributed by atoms with Gasteiger partial charge in [-0.05, 0) is 30.2 Å². The number of anilines is 1. The van der Waals surface area contributed by atoms with Crippen molar-refractivity contribution in [1.29, 1.82) is 0 Å². The molecule has 2 aromatic rings. The largest absolute Gasteiger partial charge is 0.496 e. The molecule has 2 aromatic carbocycles. The summed E-state index contributed by atoms with van der Waals surface area (Å²) >= 11 is 0. The molecule has 0 saturated heterocycles. The Hall–Kier alpha value is -2.63. The Morgan fingerprint density at radius 1 is 1.17 bits per heavy atom. The van der Waals surface area contributed by atoms with E-state index >= 15 is 0 Å². The van der Waals surface area contributed by atoms with Crippen LogP contribution in [0, 0.1) is 11.6 Å². The number of rotatable bonds is 7. The first kappa shape index (κ1) is 16.7. The molecule has 0 aliphatic carbocycles. The highest BCUT2D eigenvalue weighted by Gasteiger charge is 2.07. The number of ether oxygens (including phenoxy) is 1. The van der Waals surface area contributed by atoms with Crippen molar-refractivity contribution in [1.82, 2.24) is 5.32 Å². The van der Waals surface area contributed by atoms with E-state index < -0.39 is 11.6 Å². The van der Waals surface area contributed by atoms with Gasteiger partial charge >= 0.3 is 0 Å². The number of benzene rings is 2. The Morgan fingerprint density at radius 2 is 1.96 bits per heavy atom. The van der Waals surface area contributed by atoms with Gasteiger partial charge in [0.2, 0.25) is 5.91 Å². The molecule has 0 atom stereocenters. The number of nitrogens with one attached hydrogen (secondary N) is 2. The van der Waals surface area contributed by atoms with Crippen LogP contribution in [0.15, 0.2) is 42.5 Å². The molecule has 0 aliphatic rings. The quantitative estimate of drug-likeness (QED) is 0.825. The predicted molar refractivity (Wildman–Crippen MR) is 84.6 cm³/mol. The molecule has 6 heteroatoms. The number of para-hydroxylation sites is 1. The van der Waals surface area contributed by atoms with Gasteiger partial charge in [-0.3, -0.25) is 4.79 Å². The summed E-state index contributed by atoms with van der Waals surface area (Å²) in [5.41, 5.74) is 1.08. The maximum atomic E-state index is 13.4. The van der Waals surface area contributed by atoms with Gasteiger partial charge in [0.1, 0.15) is 17.4 Å². The Morgan fingerprint density at radius 3 is 2.70 bits per heavy atom. The maximum absolute atomic E-state index is 13.4. The number of hydrogen-bond acceptors (Lipinski definition) is 3. The van der Waals surface area contributed by atoms with Crippen molar-refractivity contribution < 1.29 is 18.3 Å². The van der Waals surface area contributed by atoms with Gasteiger partial charge in [0.05, 0.1) is 19.3 Å². The molecule has 1 amide bonds. The van der Waals surface area contributed by atoms with E-state index in [9.17, 15) is 13.6 Å². The average molecular weight is 320 g/mol. The lowest BCUT2D eigenvalue weighted by atomic mass is 10.1. The lowest BCUT2D eigenvalue weighted by Crippen LogP contribution is -2.31. The molecule has 0 unspecified atom stereocenters. The van der Waals surface area contributed by atoms with E-state index in [1.165, 1.54) is 6.07 Å². The summed E-state index contributed by atoms with van der Waals surface area (Å²) in [7, 11) is 1.60. The van der Waals surface area contributed by atoms with Crippen molar-refractivity contribution in [3.63, 3.8) is 0 Å². The fraction of sp³-hybridized carbons (Fsp3) is 0.235. The SMILES string of the molecule is COc1ccccc1CCNC(=O)CNc1ccc(F)cc1F. The first-order valence-corrected chi connectivity index (χ1v) is 7.17. The van der Waals surface area contributed by atoms with E-state index in [1.807, 2.05) is 24.3 Å². The molecule has 4 nitrogen and oxygen atoms in total. The third kappa shape index (κ3) is 4.95. The van der Waals surface area contributed by atoms with Gasteiger partial charge in [0.25, 0.3) is 0 Å². The second-order valence-corrected chi connectivity index (χ2v) is 4.89. The van der Waals surface area contributed by atoms with Gasteiger partial charge in [-0.25, -0.2) is 8.78 Å². The Balaban J connectivity index is 1.77. The Bertz CT molecular complexity index is 677. The second-order valence-electron chi connectivity index (χ2n) is 4.89. The summed E-state index contributed by atoms with van der Waals surface area (Å²) in [5.74, 6) is -0.891. The molecule has 122 valence electrons. The highest BCUT2D eigenvalue weighted by atomic mass is 19.1. The number of amides is 1. The predicted octanol–water partition coefficient (Wildman–Crippen LogP) is 2.74. The fourth-order valence-electron chi connectivity index (χ4n) is 2.12. The summed E-state index contributed by atoms with van der Waals surface area (Å²) in [5, 5.41) is 5.36. The van der Waals surface area contributed by atoms with Gasteiger partial charge in [-0.15, -0.1) is 0 Å². The molecule has 0 spiro atoms. The van der Waals surface area contributed by atoms with E-state index in [0.717, 1.165) is 23.4 Å². The molecule has 0 aromatic heterocycles. The van der Waals surface area contributed by atoms with Crippen molar-refractivity contribution in [2.75, 3.05) is 25.5 Å². The van der Waals surface area contributed by atoms with E-state index in [0.29, 0.717) is 13.0 Å². The molecular weight excluding hydrogens is 302 g/mol. The van der Waals surface area contributed by atoms with Crippen LogP contribution in [0.25, 0.3) is 0 Å². The summed E-state index contributed by atoms with van der Waals surface area (Å²) in [6.45, 7) is 0.348. The first-order chi connectivity index (χ1) is 11.1. The van der Waals surface area contributed by atoms with Crippen LogP contribution in [0.5, 0.6) is 5.75 Å². The smallest absolute Gasteiger partial charge is 0.239 e. The molecule has 0 saturated carbocycles. The van der Waals surface area contributed by atoms with Crippen molar-refractivity contribution in [3.05, 3.63) is 59.7 Å². The van der Waals surface area contributed by atoms with Gasteiger partial charge < -0.3 is 15.4 Å². The van der Waals surface area contributed by atoms with Crippen LogP contribution < -0.4 is 15.4 Å². The highest BCUT2D eigenvalue weighted by Crippen LogP contribution is 2.17. The second kappa shape index (κ2) is 8.12. The monoisotopic (exact) mass is 320 g/mol. The minimum Gasteiger partial charge on any atom is -0.496 e. The van der Waals surface area contributed by atoms with E-state index in [1.54, 1.807) is 7.11 Å². The number of hydrogen-bond donors (Lipinski definition) is 2. The zero-order valence-electron chi connectivity index (χ0n) is 12.7. The van der Waals surface area contributed by atoms with Crippen molar-refractivity contribution in [2.45, 2.75) is 6.42 Å². The molecule has 0 aliphatic heterocycles. The Labute approximate surface area is 133 Å². The molecule has 0 radical (unpaired) electrons. The molecule has 0 fully saturated rings. The summed E-state index contributed by atoms with van der Waals surface area (Å²) < 4.78 is 31.4. The molecule has 2 N–H and O–H groups in total. The molecule has 2 rings (SSSR count). The van der Waals surface area contributed by atoms with E-state index in [4.69, 9.17) is 4.74 Å². The van der Waals surface area contributed by atoms with Gasteiger partial charge in [0, 0.05) is 12.6 Å². The highest BCUT2D eigenvalue weighted by molar-refractivity contribution is 5.80. The topological polar surface area (TPSA) is 50.4 Å². The molecule has 0 heterocycles. The zero-order chi connectivity index (χ0) is 16.7. The summed E-state index contributed by atoms with van der Waals surface area (Å²) in [6.07, 6.45) is 0.626. The van der Waals surface area contributed by atoms with Crippen LogP contribution >= 0.6 is 0 Å². The maximum Gasteiger partial charge on any atom is 0.239 e. The summed E-state index contributed by atoms with van der Waals surface area (Å²) in [4.78, 5) is 11.7. The Kier molecular flexibility index (Phi) is 5.91.